The Balaban J connectivity index is 1.42. The van der Waals surface area contributed by atoms with Gasteiger partial charge in [0.15, 0.2) is 0 Å². The molecule has 0 bridgehead atoms. The molecule has 0 radical (unpaired) electrons. The smallest absolute Gasteiger partial charge is 0.303 e. The van der Waals surface area contributed by atoms with Crippen LogP contribution in [-0.2, 0) is 17.6 Å². The molecule has 0 unspecified atom stereocenters. The number of aliphatic hydroxyl groups is 1. The number of carboxylic acids is 1. The molecule has 4 aromatic rings. The largest absolute Gasteiger partial charge is 0.481 e. The van der Waals surface area contributed by atoms with Gasteiger partial charge < -0.3 is 15.5 Å². The molecule has 0 spiro atoms. The summed E-state index contributed by atoms with van der Waals surface area (Å²) in [4.78, 5) is 43.1. The lowest BCUT2D eigenvalue weighted by atomic mass is 9.97. The van der Waals surface area contributed by atoms with E-state index in [1.807, 2.05) is 6.07 Å². The highest BCUT2D eigenvalue weighted by Gasteiger charge is 2.24. The van der Waals surface area contributed by atoms with Gasteiger partial charge in [-0.1, -0.05) is 69.2 Å². The fourth-order valence-electron chi connectivity index (χ4n) is 6.46. The highest BCUT2D eigenvalue weighted by Crippen LogP contribution is 2.26. The Bertz CT molecular complexity index is 1820. The summed E-state index contributed by atoms with van der Waals surface area (Å²) in [6.45, 7) is -0.291. The molecule has 278 valence electrons. The first-order chi connectivity index (χ1) is 25.3. The van der Waals surface area contributed by atoms with Gasteiger partial charge in [-0.2, -0.15) is 0 Å². The molecule has 0 saturated carbocycles. The summed E-state index contributed by atoms with van der Waals surface area (Å²) in [5.74, 6) is -2.10. The zero-order valence-corrected chi connectivity index (χ0v) is 29.9. The number of hydrogen-bond donors (Lipinski definition) is 3. The Morgan fingerprint density at radius 1 is 0.769 bits per heavy atom. The minimum Gasteiger partial charge on any atom is -0.481 e. The first kappa shape index (κ1) is 40.1. The molecule has 10 heteroatoms. The van der Waals surface area contributed by atoms with Crippen LogP contribution in [0.4, 0.5) is 8.78 Å². The van der Waals surface area contributed by atoms with Crippen LogP contribution in [0.5, 0.6) is 0 Å². The summed E-state index contributed by atoms with van der Waals surface area (Å²) in [5, 5.41) is 20.7. The van der Waals surface area contributed by atoms with Crippen molar-refractivity contribution in [1.29, 1.82) is 0 Å². The van der Waals surface area contributed by atoms with Crippen molar-refractivity contribution in [2.75, 3.05) is 13.2 Å². The minimum absolute atomic E-state index is 0.0122. The quantitative estimate of drug-likeness (QED) is 0.0523. The number of aliphatic carboxylic acids is 1. The van der Waals surface area contributed by atoms with E-state index in [0.29, 0.717) is 35.1 Å². The van der Waals surface area contributed by atoms with E-state index in [4.69, 9.17) is 10.1 Å². The van der Waals surface area contributed by atoms with Crippen molar-refractivity contribution in [3.63, 3.8) is 0 Å². The third-order valence-corrected chi connectivity index (χ3v) is 9.18. The minimum atomic E-state index is -0.718. The second-order valence-electron chi connectivity index (χ2n) is 13.3. The van der Waals surface area contributed by atoms with Gasteiger partial charge >= 0.3 is 5.97 Å². The number of fused-ring (bicyclic) bond motifs is 1. The predicted molar refractivity (Wildman–Crippen MR) is 201 cm³/mol. The Labute approximate surface area is 304 Å². The summed E-state index contributed by atoms with van der Waals surface area (Å²) >= 11 is 0. The Morgan fingerprint density at radius 2 is 1.35 bits per heavy atom. The third kappa shape index (κ3) is 12.5. The van der Waals surface area contributed by atoms with E-state index in [-0.39, 0.29) is 31.0 Å². The van der Waals surface area contributed by atoms with Crippen LogP contribution >= 0.6 is 0 Å². The summed E-state index contributed by atoms with van der Waals surface area (Å²) in [6, 6.07) is 13.5. The van der Waals surface area contributed by atoms with Gasteiger partial charge in [-0.15, -0.1) is 0 Å². The van der Waals surface area contributed by atoms with Crippen molar-refractivity contribution >= 4 is 22.9 Å². The van der Waals surface area contributed by atoms with Gasteiger partial charge in [-0.25, -0.2) is 8.78 Å². The summed E-state index contributed by atoms with van der Waals surface area (Å²) in [7, 11) is 0. The molecule has 2 aromatic heterocycles. The number of aromatic nitrogens is 2. The number of benzene rings is 2. The molecule has 0 aliphatic heterocycles. The second-order valence-corrected chi connectivity index (χ2v) is 13.3. The molecule has 2 heterocycles. The first-order valence-electron chi connectivity index (χ1n) is 18.6. The molecule has 8 nitrogen and oxygen atoms in total. The number of nitrogens with zero attached hydrogens (tertiary/aromatic N) is 2. The number of rotatable bonds is 23. The number of nitrogens with one attached hydrogen (secondary N) is 1. The van der Waals surface area contributed by atoms with Gasteiger partial charge in [-0.05, 0) is 111 Å². The highest BCUT2D eigenvalue weighted by atomic mass is 19.1. The molecule has 0 aliphatic rings. The first-order valence-corrected chi connectivity index (χ1v) is 18.6. The number of allylic oxidation sites excluding steroid dienone is 2. The monoisotopic (exact) mass is 715 g/mol. The van der Waals surface area contributed by atoms with Crippen LogP contribution in [0.15, 0.2) is 77.7 Å². The number of hydrogen-bond acceptors (Lipinski definition) is 5. The zero-order chi connectivity index (χ0) is 37.1. The Morgan fingerprint density at radius 3 is 1.96 bits per heavy atom. The van der Waals surface area contributed by atoms with Gasteiger partial charge in [0.2, 0.25) is 0 Å². The van der Waals surface area contributed by atoms with Gasteiger partial charge in [0, 0.05) is 24.8 Å². The zero-order valence-electron chi connectivity index (χ0n) is 29.9. The Hall–Kier alpha value is -4.70. The average molecular weight is 716 g/mol. The predicted octanol–water partition coefficient (Wildman–Crippen LogP) is 8.62. The lowest BCUT2D eigenvalue weighted by Gasteiger charge is -2.18. The van der Waals surface area contributed by atoms with Crippen molar-refractivity contribution in [2.24, 2.45) is 0 Å². The number of aryl methyl sites for hydroxylation is 1. The third-order valence-electron chi connectivity index (χ3n) is 9.18. The molecule has 4 rings (SSSR count). The maximum Gasteiger partial charge on any atom is 0.303 e. The van der Waals surface area contributed by atoms with E-state index in [1.165, 1.54) is 41.0 Å². The van der Waals surface area contributed by atoms with Crippen molar-refractivity contribution in [1.82, 2.24) is 14.9 Å². The van der Waals surface area contributed by atoms with Crippen molar-refractivity contribution in [2.45, 2.75) is 103 Å². The molecule has 0 aliphatic carbocycles. The number of carboxylic acid groups (broad SMARTS) is 1. The van der Waals surface area contributed by atoms with Gasteiger partial charge in [0.1, 0.15) is 17.2 Å². The topological polar surface area (TPSA) is 122 Å². The van der Waals surface area contributed by atoms with Crippen LogP contribution in [0.3, 0.4) is 0 Å². The van der Waals surface area contributed by atoms with Crippen molar-refractivity contribution < 1.29 is 28.6 Å². The number of carbonyl (C=O) groups excluding carboxylic acids is 1. The molecule has 2 aromatic carbocycles. The molecule has 52 heavy (non-hydrogen) atoms. The number of halogens is 2. The van der Waals surface area contributed by atoms with Crippen LogP contribution in [0, 0.1) is 11.6 Å². The lowest BCUT2D eigenvalue weighted by molar-refractivity contribution is -0.137. The SMILES string of the molecule is O=C(O)CCCCCCC/C=C\CCCCCCCCc1c(C(=O)NCCO)c(=O)n(-c2ccc(F)cc2)c2cc(Cc3ccc(F)cc3)cnc12. The van der Waals surface area contributed by atoms with E-state index < -0.39 is 23.3 Å². The number of unbranched alkanes of at least 4 members (excludes halogenated alkanes) is 11. The molecule has 0 fully saturated rings. The molecular formula is C42H51F2N3O5. The van der Waals surface area contributed by atoms with Crippen molar-refractivity contribution in [3.8, 4) is 5.69 Å². The molecule has 3 N–H and O–H groups in total. The molecular weight excluding hydrogens is 664 g/mol. The number of carbonyl (C=O) groups is 2. The normalized spacial score (nSPS) is 11.4. The average Bonchev–Trinajstić information content (AvgIpc) is 3.13. The summed E-state index contributed by atoms with van der Waals surface area (Å²) in [6.07, 6.45) is 20.6. The second kappa shape index (κ2) is 21.6. The molecule has 0 atom stereocenters. The van der Waals surface area contributed by atoms with E-state index in [2.05, 4.69) is 17.5 Å². The Kier molecular flexibility index (Phi) is 16.7. The maximum atomic E-state index is 14.2. The van der Waals surface area contributed by atoms with Crippen molar-refractivity contribution in [3.05, 3.63) is 117 Å². The number of amides is 1. The molecule has 0 saturated heterocycles. The van der Waals surface area contributed by atoms with E-state index >= 15 is 0 Å². The standard InChI is InChI=1S/C42H51F2N3O5/c43-33-20-18-31(19-21-33)28-32-29-37-40(46-30-32)36(39(41(51)45-26-27-48)42(52)47(37)35-24-22-34(44)23-25-35)16-14-12-10-8-6-4-2-1-3-5-7-9-11-13-15-17-38(49)50/h1,3,18-25,29-30,48H,2,4-17,26-28H2,(H,45,51)(H,49,50)/b3-1-. The van der Waals surface area contributed by atoms with Crippen LogP contribution < -0.4 is 10.9 Å². The molecule has 1 amide bonds. The van der Waals surface area contributed by atoms with Crippen LogP contribution in [-0.4, -0.2) is 44.8 Å². The van der Waals surface area contributed by atoms with E-state index in [0.717, 1.165) is 94.6 Å². The van der Waals surface area contributed by atoms with Crippen LogP contribution in [0.25, 0.3) is 16.7 Å². The summed E-state index contributed by atoms with van der Waals surface area (Å²) < 4.78 is 28.9. The van der Waals surface area contributed by atoms with Gasteiger partial charge in [0.25, 0.3) is 11.5 Å². The van der Waals surface area contributed by atoms with E-state index in [1.54, 1.807) is 18.3 Å². The van der Waals surface area contributed by atoms with Crippen LogP contribution in [0.2, 0.25) is 0 Å². The van der Waals surface area contributed by atoms with E-state index in [9.17, 15) is 28.3 Å². The lowest BCUT2D eigenvalue weighted by Crippen LogP contribution is -2.36. The van der Waals surface area contributed by atoms with Gasteiger partial charge in [0.05, 0.1) is 17.6 Å². The summed E-state index contributed by atoms with van der Waals surface area (Å²) in [5.41, 5.74) is 3.01. The maximum absolute atomic E-state index is 14.2. The fourth-order valence-corrected chi connectivity index (χ4v) is 6.46. The number of aliphatic hydroxyl groups excluding tert-OH is 1. The number of pyridine rings is 2. The fraction of sp³-hybridized carbons (Fsp3) is 0.429. The van der Waals surface area contributed by atoms with Crippen LogP contribution in [0.1, 0.15) is 117 Å². The highest BCUT2D eigenvalue weighted by molar-refractivity contribution is 5.99. The van der Waals surface area contributed by atoms with Gasteiger partial charge in [-0.3, -0.25) is 23.9 Å².